The van der Waals surface area contributed by atoms with Crippen molar-refractivity contribution in [3.8, 4) is 0 Å². The summed E-state index contributed by atoms with van der Waals surface area (Å²) in [5, 5.41) is 10.1. The molecule has 2 rings (SSSR count). The lowest BCUT2D eigenvalue weighted by molar-refractivity contribution is -0.345. The van der Waals surface area contributed by atoms with E-state index < -0.39 is 19.9 Å². The highest BCUT2D eigenvalue weighted by Crippen LogP contribution is 2.43. The van der Waals surface area contributed by atoms with E-state index in [1.807, 2.05) is 27.7 Å². The summed E-state index contributed by atoms with van der Waals surface area (Å²) in [6.07, 6.45) is -0.483. The quantitative estimate of drug-likeness (QED) is 0.542. The van der Waals surface area contributed by atoms with Gasteiger partial charge in [0.05, 0.1) is 24.9 Å². The number of hydrogen-bond donors (Lipinski definition) is 1. The lowest BCUT2D eigenvalue weighted by Crippen LogP contribution is -2.59. The van der Waals surface area contributed by atoms with Gasteiger partial charge in [0.25, 0.3) is 0 Å². The van der Waals surface area contributed by atoms with Gasteiger partial charge in [0.15, 0.2) is 19.9 Å². The van der Waals surface area contributed by atoms with Gasteiger partial charge in [0.1, 0.15) is 6.10 Å². The van der Waals surface area contributed by atoms with Crippen LogP contribution in [0.4, 0.5) is 0 Å². The number of ether oxygens (including phenoxy) is 4. The Morgan fingerprint density at radius 1 is 1.03 bits per heavy atom. The third kappa shape index (κ3) is 6.31. The number of hydrogen-bond acceptors (Lipinski definition) is 6. The van der Waals surface area contributed by atoms with Crippen LogP contribution in [-0.4, -0.2) is 62.6 Å². The van der Waals surface area contributed by atoms with Crippen molar-refractivity contribution in [2.24, 2.45) is 17.8 Å². The zero-order valence-electron chi connectivity index (χ0n) is 21.9. The summed E-state index contributed by atoms with van der Waals surface area (Å²) in [7, 11) is -2.04. The Labute approximate surface area is 191 Å². The molecule has 7 heteroatoms. The Morgan fingerprint density at radius 2 is 1.61 bits per heavy atom. The average Bonchev–Trinajstić information content (AvgIpc) is 2.98. The summed E-state index contributed by atoms with van der Waals surface area (Å²) < 4.78 is 31.7. The fraction of sp³-hybridized carbons (Fsp3) is 1.00. The topological polar surface area (TPSA) is 66.4 Å². The van der Waals surface area contributed by atoms with Gasteiger partial charge in [0, 0.05) is 24.4 Å². The largest absolute Gasteiger partial charge is 0.413 e. The minimum Gasteiger partial charge on any atom is -0.413 e. The van der Waals surface area contributed by atoms with Crippen LogP contribution in [0, 0.1) is 17.8 Å². The Hall–Kier alpha value is -0.0231. The van der Waals surface area contributed by atoms with E-state index in [0.717, 1.165) is 0 Å². The lowest BCUT2D eigenvalue weighted by atomic mass is 9.80. The van der Waals surface area contributed by atoms with Gasteiger partial charge in [-0.1, -0.05) is 41.5 Å². The Kier molecular flexibility index (Phi) is 8.18. The SMILES string of the molecule is C[C@@H]([C@H]1OC(C)(C)O[C@H]([C@H]2COC(C)(C)O2)[C@H]1C)[C@@H](O[Si](C)(C)C(C)(C)C)[C@@H](C)CO. The Bertz CT molecular complexity index is 599. The molecule has 1 N–H and O–H groups in total. The maximum absolute atomic E-state index is 10.0. The van der Waals surface area contributed by atoms with Crippen LogP contribution in [0.5, 0.6) is 0 Å². The minimum atomic E-state index is -2.04. The Balaban J connectivity index is 2.30. The molecule has 0 amide bonds. The van der Waals surface area contributed by atoms with Crippen LogP contribution in [0.15, 0.2) is 0 Å². The van der Waals surface area contributed by atoms with Gasteiger partial charge in [-0.3, -0.25) is 0 Å². The van der Waals surface area contributed by atoms with Crippen molar-refractivity contribution in [2.45, 2.75) is 123 Å². The van der Waals surface area contributed by atoms with Gasteiger partial charge in [-0.2, -0.15) is 0 Å². The van der Waals surface area contributed by atoms with Crippen molar-refractivity contribution in [2.75, 3.05) is 13.2 Å². The van der Waals surface area contributed by atoms with Crippen LogP contribution in [0.25, 0.3) is 0 Å². The lowest BCUT2D eigenvalue weighted by Gasteiger charge is -2.51. The highest BCUT2D eigenvalue weighted by Gasteiger charge is 2.52. The number of aliphatic hydroxyl groups is 1. The molecule has 184 valence electrons. The van der Waals surface area contributed by atoms with Crippen LogP contribution in [0.1, 0.15) is 69.2 Å². The molecule has 2 heterocycles. The van der Waals surface area contributed by atoms with E-state index in [4.69, 9.17) is 23.4 Å². The van der Waals surface area contributed by atoms with Crippen molar-refractivity contribution < 1.29 is 28.5 Å². The fourth-order valence-corrected chi connectivity index (χ4v) is 5.99. The zero-order valence-corrected chi connectivity index (χ0v) is 22.9. The van der Waals surface area contributed by atoms with E-state index in [1.165, 1.54) is 0 Å². The third-order valence-electron chi connectivity index (χ3n) is 7.40. The van der Waals surface area contributed by atoms with Gasteiger partial charge < -0.3 is 28.5 Å². The van der Waals surface area contributed by atoms with Crippen molar-refractivity contribution in [3.63, 3.8) is 0 Å². The summed E-state index contributed by atoms with van der Waals surface area (Å²) >= 11 is 0. The molecule has 0 unspecified atom stereocenters. The molecule has 0 bridgehead atoms. The highest BCUT2D eigenvalue weighted by atomic mass is 28.4. The monoisotopic (exact) mass is 460 g/mol. The molecule has 0 aliphatic carbocycles. The summed E-state index contributed by atoms with van der Waals surface area (Å²) in [6, 6.07) is 0. The zero-order chi connectivity index (χ0) is 24.0. The highest BCUT2D eigenvalue weighted by molar-refractivity contribution is 6.74. The van der Waals surface area contributed by atoms with E-state index in [0.29, 0.717) is 6.61 Å². The molecular weight excluding hydrogens is 412 g/mol. The van der Waals surface area contributed by atoms with E-state index in [9.17, 15) is 5.11 Å². The van der Waals surface area contributed by atoms with E-state index in [2.05, 4.69) is 54.6 Å². The standard InChI is InChI=1S/C24H48O6Si/c1-15(13-25)19(30-31(11,12)22(4,5)6)16(2)20-17(3)21(29-24(9,10)28-20)18-14-26-23(7,8)27-18/h15-21,25H,13-14H2,1-12H3/t15-,16+,17-,18+,19-,20+,21-/m0/s1. The predicted molar refractivity (Wildman–Crippen MR) is 125 cm³/mol. The fourth-order valence-electron chi connectivity index (χ4n) is 4.51. The molecule has 2 aliphatic rings. The molecule has 0 saturated carbocycles. The molecule has 0 aromatic rings. The predicted octanol–water partition coefficient (Wildman–Crippen LogP) is 4.95. The van der Waals surface area contributed by atoms with Crippen LogP contribution >= 0.6 is 0 Å². The average molecular weight is 461 g/mol. The summed E-state index contributed by atoms with van der Waals surface area (Å²) in [5.41, 5.74) is 0. The van der Waals surface area contributed by atoms with Gasteiger partial charge in [-0.25, -0.2) is 0 Å². The van der Waals surface area contributed by atoms with Gasteiger partial charge in [0.2, 0.25) is 0 Å². The van der Waals surface area contributed by atoms with Crippen LogP contribution < -0.4 is 0 Å². The van der Waals surface area contributed by atoms with Crippen molar-refractivity contribution in [1.82, 2.24) is 0 Å². The van der Waals surface area contributed by atoms with Crippen molar-refractivity contribution >= 4 is 8.32 Å². The normalized spacial score (nSPS) is 34.4. The van der Waals surface area contributed by atoms with Crippen LogP contribution in [-0.2, 0) is 23.4 Å². The van der Waals surface area contributed by atoms with E-state index >= 15 is 0 Å². The molecule has 0 spiro atoms. The first-order valence-electron chi connectivity index (χ1n) is 11.9. The number of aliphatic hydroxyl groups excluding tert-OH is 1. The first-order chi connectivity index (χ1) is 13.9. The summed E-state index contributed by atoms with van der Waals surface area (Å²) in [5.74, 6) is -1.17. The third-order valence-corrected chi connectivity index (χ3v) is 11.9. The van der Waals surface area contributed by atoms with E-state index in [1.54, 1.807) is 0 Å². The molecule has 6 nitrogen and oxygen atoms in total. The minimum absolute atomic E-state index is 0.00864. The number of rotatable bonds is 7. The van der Waals surface area contributed by atoms with Gasteiger partial charge in [-0.15, -0.1) is 0 Å². The molecule has 0 radical (unpaired) electrons. The first-order valence-corrected chi connectivity index (χ1v) is 14.8. The van der Waals surface area contributed by atoms with Gasteiger partial charge >= 0.3 is 0 Å². The molecule has 2 fully saturated rings. The smallest absolute Gasteiger partial charge is 0.192 e. The molecule has 0 aromatic carbocycles. The van der Waals surface area contributed by atoms with Gasteiger partial charge in [-0.05, 0) is 45.8 Å². The summed E-state index contributed by atoms with van der Waals surface area (Å²) in [4.78, 5) is 0. The van der Waals surface area contributed by atoms with Crippen LogP contribution in [0.3, 0.4) is 0 Å². The van der Waals surface area contributed by atoms with E-state index in [-0.39, 0.29) is 53.8 Å². The maximum atomic E-state index is 10.0. The second-order valence-electron chi connectivity index (χ2n) is 12.2. The molecule has 7 atom stereocenters. The second kappa shape index (κ2) is 9.32. The maximum Gasteiger partial charge on any atom is 0.192 e. The molecular formula is C24H48O6Si. The molecule has 31 heavy (non-hydrogen) atoms. The first kappa shape index (κ1) is 27.2. The molecule has 2 saturated heterocycles. The second-order valence-corrected chi connectivity index (χ2v) is 16.9. The summed E-state index contributed by atoms with van der Waals surface area (Å²) in [6.45, 7) is 26.1. The van der Waals surface area contributed by atoms with Crippen molar-refractivity contribution in [1.29, 1.82) is 0 Å². The Morgan fingerprint density at radius 3 is 2.06 bits per heavy atom. The molecule has 2 aliphatic heterocycles. The molecule has 0 aromatic heterocycles. The van der Waals surface area contributed by atoms with Crippen molar-refractivity contribution in [3.05, 3.63) is 0 Å². The van der Waals surface area contributed by atoms with Crippen LogP contribution in [0.2, 0.25) is 18.1 Å².